The third-order valence-electron chi connectivity index (χ3n) is 3.67. The van der Waals surface area contributed by atoms with E-state index in [1.807, 2.05) is 0 Å². The zero-order valence-electron chi connectivity index (χ0n) is 10.5. The van der Waals surface area contributed by atoms with E-state index in [-0.39, 0.29) is 0 Å². The Morgan fingerprint density at radius 2 is 2.00 bits per heavy atom. The van der Waals surface area contributed by atoms with E-state index in [1.165, 1.54) is 24.0 Å². The SMILES string of the molecule is Cc1ccccc1C1CC(N(C)C)CCN1. The number of aryl methyl sites for hydroxylation is 1. The standard InChI is InChI=1S/C14H22N2/c1-11-6-4-5-7-13(11)14-10-12(16(2)3)8-9-15-14/h4-7,12,14-15H,8-10H2,1-3H3. The first-order chi connectivity index (χ1) is 7.68. The monoisotopic (exact) mass is 218 g/mol. The third-order valence-corrected chi connectivity index (χ3v) is 3.67. The lowest BCUT2D eigenvalue weighted by molar-refractivity contribution is 0.207. The first-order valence-corrected chi connectivity index (χ1v) is 6.14. The highest BCUT2D eigenvalue weighted by Crippen LogP contribution is 2.27. The Kier molecular flexibility index (Phi) is 3.62. The second kappa shape index (κ2) is 4.98. The largest absolute Gasteiger partial charge is 0.310 e. The summed E-state index contributed by atoms with van der Waals surface area (Å²) in [5.41, 5.74) is 2.87. The first-order valence-electron chi connectivity index (χ1n) is 6.14. The molecule has 0 spiro atoms. The maximum atomic E-state index is 3.63. The molecule has 2 rings (SSSR count). The van der Waals surface area contributed by atoms with Crippen LogP contribution in [0, 0.1) is 6.92 Å². The van der Waals surface area contributed by atoms with Gasteiger partial charge in [0.25, 0.3) is 0 Å². The number of nitrogens with zero attached hydrogens (tertiary/aromatic N) is 1. The molecule has 1 aromatic carbocycles. The molecule has 1 heterocycles. The van der Waals surface area contributed by atoms with Gasteiger partial charge in [0.15, 0.2) is 0 Å². The van der Waals surface area contributed by atoms with Crippen molar-refractivity contribution in [2.24, 2.45) is 0 Å². The van der Waals surface area contributed by atoms with E-state index in [1.54, 1.807) is 0 Å². The normalized spacial score (nSPS) is 26.0. The minimum Gasteiger partial charge on any atom is -0.310 e. The number of piperidine rings is 1. The fourth-order valence-corrected chi connectivity index (χ4v) is 2.58. The Balaban J connectivity index is 2.13. The van der Waals surface area contributed by atoms with Gasteiger partial charge in [-0.25, -0.2) is 0 Å². The van der Waals surface area contributed by atoms with Crippen LogP contribution in [-0.2, 0) is 0 Å². The maximum Gasteiger partial charge on any atom is 0.0337 e. The summed E-state index contributed by atoms with van der Waals surface area (Å²) in [6.45, 7) is 3.33. The van der Waals surface area contributed by atoms with E-state index in [9.17, 15) is 0 Å². The Morgan fingerprint density at radius 1 is 1.25 bits per heavy atom. The highest BCUT2D eigenvalue weighted by atomic mass is 15.1. The predicted octanol–water partition coefficient (Wildman–Crippen LogP) is 2.35. The van der Waals surface area contributed by atoms with Gasteiger partial charge >= 0.3 is 0 Å². The fourth-order valence-electron chi connectivity index (χ4n) is 2.58. The highest BCUT2D eigenvalue weighted by molar-refractivity contribution is 5.29. The molecular formula is C14H22N2. The molecule has 0 aliphatic carbocycles. The van der Waals surface area contributed by atoms with Crippen LogP contribution in [0.15, 0.2) is 24.3 Å². The van der Waals surface area contributed by atoms with Crippen LogP contribution < -0.4 is 5.32 Å². The number of hydrogen-bond donors (Lipinski definition) is 1. The molecule has 0 radical (unpaired) electrons. The van der Waals surface area contributed by atoms with Crippen LogP contribution in [-0.4, -0.2) is 31.6 Å². The molecule has 16 heavy (non-hydrogen) atoms. The molecule has 1 saturated heterocycles. The molecule has 2 unspecified atom stereocenters. The summed E-state index contributed by atoms with van der Waals surface area (Å²) in [5.74, 6) is 0. The summed E-state index contributed by atoms with van der Waals surface area (Å²) in [6.07, 6.45) is 2.48. The van der Waals surface area contributed by atoms with Gasteiger partial charge in [-0.05, 0) is 51.5 Å². The number of nitrogens with one attached hydrogen (secondary N) is 1. The van der Waals surface area contributed by atoms with Crippen LogP contribution >= 0.6 is 0 Å². The number of benzene rings is 1. The van der Waals surface area contributed by atoms with Crippen molar-refractivity contribution in [3.63, 3.8) is 0 Å². The lowest BCUT2D eigenvalue weighted by atomic mass is 9.91. The number of hydrogen-bond acceptors (Lipinski definition) is 2. The predicted molar refractivity (Wildman–Crippen MR) is 68.6 cm³/mol. The van der Waals surface area contributed by atoms with Crippen molar-refractivity contribution in [1.82, 2.24) is 10.2 Å². The molecule has 1 fully saturated rings. The third kappa shape index (κ3) is 2.45. The fraction of sp³-hybridized carbons (Fsp3) is 0.571. The van der Waals surface area contributed by atoms with Crippen molar-refractivity contribution in [3.05, 3.63) is 35.4 Å². The van der Waals surface area contributed by atoms with Crippen molar-refractivity contribution in [2.45, 2.75) is 31.8 Å². The van der Waals surface area contributed by atoms with Gasteiger partial charge in [0, 0.05) is 12.1 Å². The summed E-state index contributed by atoms with van der Waals surface area (Å²) in [6, 6.07) is 9.96. The molecule has 0 bridgehead atoms. The lowest BCUT2D eigenvalue weighted by Gasteiger charge is -2.35. The van der Waals surface area contributed by atoms with E-state index < -0.39 is 0 Å². The van der Waals surface area contributed by atoms with Crippen LogP contribution in [0.5, 0.6) is 0 Å². The van der Waals surface area contributed by atoms with Gasteiger partial charge in [-0.1, -0.05) is 24.3 Å². The molecule has 0 aromatic heterocycles. The molecule has 1 aromatic rings. The summed E-state index contributed by atoms with van der Waals surface area (Å²) >= 11 is 0. The van der Waals surface area contributed by atoms with Crippen LogP contribution in [0.2, 0.25) is 0 Å². The summed E-state index contributed by atoms with van der Waals surface area (Å²) < 4.78 is 0. The summed E-state index contributed by atoms with van der Waals surface area (Å²) in [4.78, 5) is 2.35. The van der Waals surface area contributed by atoms with Gasteiger partial charge in [0.2, 0.25) is 0 Å². The van der Waals surface area contributed by atoms with Crippen molar-refractivity contribution in [3.8, 4) is 0 Å². The molecule has 1 N–H and O–H groups in total. The minimum atomic E-state index is 0.530. The second-order valence-corrected chi connectivity index (χ2v) is 5.01. The Morgan fingerprint density at radius 3 is 2.69 bits per heavy atom. The molecule has 2 heteroatoms. The Labute approximate surface area is 98.7 Å². The molecule has 0 saturated carbocycles. The maximum absolute atomic E-state index is 3.63. The van der Waals surface area contributed by atoms with Crippen LogP contribution in [0.1, 0.15) is 30.0 Å². The molecule has 2 nitrogen and oxygen atoms in total. The summed E-state index contributed by atoms with van der Waals surface area (Å²) in [5, 5.41) is 3.63. The first kappa shape index (κ1) is 11.6. The van der Waals surface area contributed by atoms with Gasteiger partial charge < -0.3 is 10.2 Å². The van der Waals surface area contributed by atoms with E-state index in [4.69, 9.17) is 0 Å². The van der Waals surface area contributed by atoms with Crippen LogP contribution in [0.3, 0.4) is 0 Å². The van der Waals surface area contributed by atoms with Gasteiger partial charge in [0.1, 0.15) is 0 Å². The van der Waals surface area contributed by atoms with Crippen LogP contribution in [0.4, 0.5) is 0 Å². The topological polar surface area (TPSA) is 15.3 Å². The van der Waals surface area contributed by atoms with Gasteiger partial charge in [-0.15, -0.1) is 0 Å². The second-order valence-electron chi connectivity index (χ2n) is 5.01. The average molecular weight is 218 g/mol. The molecule has 2 atom stereocenters. The molecule has 0 amide bonds. The van der Waals surface area contributed by atoms with Gasteiger partial charge in [-0.3, -0.25) is 0 Å². The Hall–Kier alpha value is -0.860. The average Bonchev–Trinajstić information content (AvgIpc) is 2.30. The van der Waals surface area contributed by atoms with Crippen molar-refractivity contribution < 1.29 is 0 Å². The highest BCUT2D eigenvalue weighted by Gasteiger charge is 2.24. The molecular weight excluding hydrogens is 196 g/mol. The molecule has 88 valence electrons. The lowest BCUT2D eigenvalue weighted by Crippen LogP contribution is -2.41. The molecule has 1 aliphatic heterocycles. The Bertz CT molecular complexity index is 346. The van der Waals surface area contributed by atoms with Crippen molar-refractivity contribution in [1.29, 1.82) is 0 Å². The number of rotatable bonds is 2. The van der Waals surface area contributed by atoms with Crippen molar-refractivity contribution >= 4 is 0 Å². The summed E-state index contributed by atoms with van der Waals surface area (Å²) in [7, 11) is 4.37. The van der Waals surface area contributed by atoms with Crippen LogP contribution in [0.25, 0.3) is 0 Å². The molecule has 1 aliphatic rings. The zero-order chi connectivity index (χ0) is 11.5. The van der Waals surface area contributed by atoms with E-state index in [0.29, 0.717) is 12.1 Å². The zero-order valence-corrected chi connectivity index (χ0v) is 10.5. The van der Waals surface area contributed by atoms with E-state index in [2.05, 4.69) is 55.5 Å². The van der Waals surface area contributed by atoms with Crippen molar-refractivity contribution in [2.75, 3.05) is 20.6 Å². The minimum absolute atomic E-state index is 0.530. The van der Waals surface area contributed by atoms with E-state index >= 15 is 0 Å². The smallest absolute Gasteiger partial charge is 0.0337 e. The quantitative estimate of drug-likeness (QED) is 0.819. The van der Waals surface area contributed by atoms with Gasteiger partial charge in [-0.2, -0.15) is 0 Å². The van der Waals surface area contributed by atoms with E-state index in [0.717, 1.165) is 6.54 Å². The van der Waals surface area contributed by atoms with Gasteiger partial charge in [0.05, 0.1) is 0 Å².